The van der Waals surface area contributed by atoms with Gasteiger partial charge in [-0.2, -0.15) is 0 Å². The lowest BCUT2D eigenvalue weighted by Crippen LogP contribution is -2.16. The zero-order valence-corrected chi connectivity index (χ0v) is 12.1. The molecule has 2 fully saturated rings. The molecule has 0 radical (unpaired) electrons. The normalized spacial score (nSPS) is 29.8. The van der Waals surface area contributed by atoms with Gasteiger partial charge < -0.3 is 9.73 Å². The molecule has 21 heavy (non-hydrogen) atoms. The summed E-state index contributed by atoms with van der Waals surface area (Å²) < 4.78 is 5.80. The highest BCUT2D eigenvalue weighted by Gasteiger charge is 2.56. The first-order valence-corrected chi connectivity index (χ1v) is 8.15. The molecule has 1 N–H and O–H groups in total. The van der Waals surface area contributed by atoms with Crippen LogP contribution < -0.4 is 5.32 Å². The Labute approximate surface area is 124 Å². The first kappa shape index (κ1) is 12.0. The van der Waals surface area contributed by atoms with E-state index >= 15 is 0 Å². The molecule has 3 unspecified atom stereocenters. The third-order valence-electron chi connectivity index (χ3n) is 5.44. The van der Waals surface area contributed by atoms with Crippen molar-refractivity contribution in [1.29, 1.82) is 0 Å². The monoisotopic (exact) mass is 280 g/mol. The van der Waals surface area contributed by atoms with E-state index < -0.39 is 0 Å². The fourth-order valence-electron chi connectivity index (χ4n) is 4.13. The quantitative estimate of drug-likeness (QED) is 0.933. The molecule has 3 aliphatic carbocycles. The number of aromatic nitrogens is 1. The van der Waals surface area contributed by atoms with Crippen LogP contribution in [0, 0.1) is 5.92 Å². The lowest BCUT2D eigenvalue weighted by atomic mass is 9.92. The Bertz CT molecular complexity index is 673. The fourth-order valence-corrected chi connectivity index (χ4v) is 4.13. The van der Waals surface area contributed by atoms with E-state index in [4.69, 9.17) is 4.42 Å². The average molecular weight is 280 g/mol. The van der Waals surface area contributed by atoms with Crippen molar-refractivity contribution in [2.45, 2.75) is 50.1 Å². The summed E-state index contributed by atoms with van der Waals surface area (Å²) in [5.41, 5.74) is 4.23. The number of benzene rings is 1. The summed E-state index contributed by atoms with van der Waals surface area (Å²) in [4.78, 5) is 4.46. The van der Waals surface area contributed by atoms with Crippen LogP contribution >= 0.6 is 0 Å². The molecule has 0 amide bonds. The molecule has 1 aromatic carbocycles. The van der Waals surface area contributed by atoms with Crippen molar-refractivity contribution >= 4 is 0 Å². The summed E-state index contributed by atoms with van der Waals surface area (Å²) in [6, 6.07) is 9.65. The van der Waals surface area contributed by atoms with Gasteiger partial charge in [0.25, 0.3) is 0 Å². The Morgan fingerprint density at radius 1 is 1.14 bits per heavy atom. The Kier molecular flexibility index (Phi) is 2.53. The van der Waals surface area contributed by atoms with Crippen LogP contribution in [0.15, 0.2) is 35.1 Å². The summed E-state index contributed by atoms with van der Waals surface area (Å²) in [5.74, 6) is 3.15. The first-order valence-electron chi connectivity index (χ1n) is 8.15. The summed E-state index contributed by atoms with van der Waals surface area (Å²) in [7, 11) is 0. The number of fused-ring (bicyclic) bond motifs is 3. The summed E-state index contributed by atoms with van der Waals surface area (Å²) in [5, 5.41) is 3.56. The van der Waals surface area contributed by atoms with Crippen molar-refractivity contribution in [3.05, 3.63) is 53.2 Å². The van der Waals surface area contributed by atoms with Gasteiger partial charge in [0.2, 0.25) is 0 Å². The van der Waals surface area contributed by atoms with Crippen molar-refractivity contribution in [3.8, 4) is 0 Å². The van der Waals surface area contributed by atoms with Crippen LogP contribution in [0.5, 0.6) is 0 Å². The van der Waals surface area contributed by atoms with Gasteiger partial charge in [0.1, 0.15) is 5.76 Å². The third-order valence-corrected chi connectivity index (χ3v) is 5.44. The lowest BCUT2D eigenvalue weighted by Gasteiger charge is -2.13. The molecule has 3 heteroatoms. The summed E-state index contributed by atoms with van der Waals surface area (Å²) in [6.07, 6.45) is 6.78. The predicted molar refractivity (Wildman–Crippen MR) is 80.1 cm³/mol. The van der Waals surface area contributed by atoms with Crippen molar-refractivity contribution in [3.63, 3.8) is 0 Å². The van der Waals surface area contributed by atoms with Crippen molar-refractivity contribution in [2.75, 3.05) is 0 Å². The highest BCUT2D eigenvalue weighted by molar-refractivity contribution is 5.44. The topological polar surface area (TPSA) is 38.1 Å². The van der Waals surface area contributed by atoms with Crippen molar-refractivity contribution < 1.29 is 4.42 Å². The van der Waals surface area contributed by atoms with Crippen LogP contribution in [0.2, 0.25) is 0 Å². The maximum Gasteiger partial charge on any atom is 0.181 e. The second-order valence-electron chi connectivity index (χ2n) is 6.77. The lowest BCUT2D eigenvalue weighted by molar-refractivity contribution is 0.489. The van der Waals surface area contributed by atoms with Crippen LogP contribution in [0.3, 0.4) is 0 Å². The van der Waals surface area contributed by atoms with Crippen LogP contribution in [0.25, 0.3) is 0 Å². The molecule has 0 saturated heterocycles. The van der Waals surface area contributed by atoms with E-state index in [-0.39, 0.29) is 0 Å². The fraction of sp³-hybridized carbons (Fsp3) is 0.500. The maximum atomic E-state index is 5.80. The van der Waals surface area contributed by atoms with Gasteiger partial charge in [0.15, 0.2) is 6.39 Å². The second kappa shape index (κ2) is 4.44. The number of hydrogen-bond acceptors (Lipinski definition) is 3. The number of rotatable bonds is 4. The van der Waals surface area contributed by atoms with E-state index in [1.807, 2.05) is 0 Å². The molecular formula is C18H20N2O. The van der Waals surface area contributed by atoms with Gasteiger partial charge in [-0.15, -0.1) is 0 Å². The highest BCUT2D eigenvalue weighted by Crippen LogP contribution is 2.65. The van der Waals surface area contributed by atoms with Gasteiger partial charge in [0.05, 0.1) is 5.69 Å². The van der Waals surface area contributed by atoms with Gasteiger partial charge in [-0.1, -0.05) is 24.3 Å². The molecule has 0 aliphatic heterocycles. The minimum Gasteiger partial charge on any atom is -0.448 e. The summed E-state index contributed by atoms with van der Waals surface area (Å²) in [6.45, 7) is 0.869. The van der Waals surface area contributed by atoms with Gasteiger partial charge in [-0.3, -0.25) is 0 Å². The van der Waals surface area contributed by atoms with Gasteiger partial charge in [0, 0.05) is 18.5 Å². The van der Waals surface area contributed by atoms with Gasteiger partial charge in [-0.05, 0) is 48.6 Å². The van der Waals surface area contributed by atoms with Crippen LogP contribution in [-0.4, -0.2) is 11.0 Å². The molecule has 2 aromatic rings. The first-order chi connectivity index (χ1) is 10.4. The molecule has 2 saturated carbocycles. The Balaban J connectivity index is 1.41. The molecule has 1 aromatic heterocycles. The number of aryl methyl sites for hydroxylation is 1. The molecule has 1 heterocycles. The van der Waals surface area contributed by atoms with Gasteiger partial charge in [-0.25, -0.2) is 4.98 Å². The number of oxazole rings is 1. The van der Waals surface area contributed by atoms with Crippen LogP contribution in [0.1, 0.15) is 53.7 Å². The second-order valence-corrected chi connectivity index (χ2v) is 6.77. The van der Waals surface area contributed by atoms with Crippen LogP contribution in [0.4, 0.5) is 0 Å². The minimum absolute atomic E-state index is 0.562. The zero-order valence-electron chi connectivity index (χ0n) is 12.1. The number of nitrogens with one attached hydrogen (secondary N) is 1. The van der Waals surface area contributed by atoms with E-state index in [2.05, 4.69) is 34.6 Å². The zero-order chi connectivity index (χ0) is 13.8. The Hall–Kier alpha value is -1.61. The van der Waals surface area contributed by atoms with Crippen molar-refractivity contribution in [2.24, 2.45) is 5.92 Å². The smallest absolute Gasteiger partial charge is 0.181 e. The van der Waals surface area contributed by atoms with E-state index in [1.54, 1.807) is 17.5 Å². The van der Waals surface area contributed by atoms with E-state index in [1.165, 1.54) is 25.7 Å². The molecule has 3 aliphatic rings. The highest BCUT2D eigenvalue weighted by atomic mass is 16.3. The minimum atomic E-state index is 0.562. The van der Waals surface area contributed by atoms with E-state index in [0.29, 0.717) is 11.8 Å². The molecule has 3 atom stereocenters. The maximum absolute atomic E-state index is 5.80. The van der Waals surface area contributed by atoms with Gasteiger partial charge >= 0.3 is 0 Å². The molecule has 3 nitrogen and oxygen atoms in total. The third kappa shape index (κ3) is 1.95. The molecule has 0 spiro atoms. The average Bonchev–Trinajstić information content (AvgIpc) is 3.43. The van der Waals surface area contributed by atoms with Crippen molar-refractivity contribution in [1.82, 2.24) is 10.3 Å². The SMILES string of the molecule is c1ccc2c(c1)CCC1C2C1c1ocnc1CNC1CC1. The molecule has 5 rings (SSSR count). The van der Waals surface area contributed by atoms with E-state index in [0.717, 1.165) is 30.0 Å². The summed E-state index contributed by atoms with van der Waals surface area (Å²) >= 11 is 0. The number of nitrogens with zero attached hydrogens (tertiary/aromatic N) is 1. The molecule has 0 bridgehead atoms. The number of hydrogen-bond donors (Lipinski definition) is 1. The largest absolute Gasteiger partial charge is 0.448 e. The standard InChI is InChI=1S/C18H20N2O/c1-2-4-13-11(3-1)5-8-14-16(13)17(14)18-15(20-10-21-18)9-19-12-6-7-12/h1-4,10,12,14,16-17,19H,5-9H2. The Morgan fingerprint density at radius 2 is 2.05 bits per heavy atom. The van der Waals surface area contributed by atoms with Crippen LogP contribution in [-0.2, 0) is 13.0 Å². The Morgan fingerprint density at radius 3 is 2.95 bits per heavy atom. The molecular weight excluding hydrogens is 260 g/mol. The predicted octanol–water partition coefficient (Wildman–Crippen LogP) is 3.37. The molecule has 108 valence electrons. The van der Waals surface area contributed by atoms with E-state index in [9.17, 15) is 0 Å².